The number of nitrogens with one attached hydrogen (secondary N) is 2. The van der Waals surface area contributed by atoms with Crippen LogP contribution in [0.5, 0.6) is 0 Å². The average molecular weight is 465 g/mol. The van der Waals surface area contributed by atoms with Crippen LogP contribution in [0.4, 0.5) is 0 Å². The van der Waals surface area contributed by atoms with Gasteiger partial charge < -0.3 is 10.3 Å². The van der Waals surface area contributed by atoms with Crippen molar-refractivity contribution in [1.29, 1.82) is 0 Å². The molecular weight excluding hydrogens is 436 g/mol. The zero-order valence-electron chi connectivity index (χ0n) is 20.2. The van der Waals surface area contributed by atoms with E-state index in [4.69, 9.17) is 0 Å². The number of fused-ring (bicyclic) bond motifs is 1. The first-order chi connectivity index (χ1) is 17.0. The van der Waals surface area contributed by atoms with Gasteiger partial charge in [-0.15, -0.1) is 0 Å². The van der Waals surface area contributed by atoms with Gasteiger partial charge in [-0.05, 0) is 67.1 Å². The fourth-order valence-corrected chi connectivity index (χ4v) is 4.41. The Hall–Kier alpha value is -4.26. The summed E-state index contributed by atoms with van der Waals surface area (Å²) in [5, 5.41) is 8.47. The lowest BCUT2D eigenvalue weighted by atomic mass is 10.0. The molecule has 0 unspecified atom stereocenters. The van der Waals surface area contributed by atoms with Gasteiger partial charge in [-0.3, -0.25) is 14.5 Å². The Morgan fingerprint density at radius 2 is 1.80 bits per heavy atom. The number of hydrogen-bond donors (Lipinski definition) is 2. The predicted molar refractivity (Wildman–Crippen MR) is 136 cm³/mol. The fraction of sp³-hybridized carbons (Fsp3) is 0.214. The third-order valence-corrected chi connectivity index (χ3v) is 6.24. The van der Waals surface area contributed by atoms with Gasteiger partial charge in [-0.2, -0.15) is 5.10 Å². The number of H-pyrrole nitrogens is 1. The van der Waals surface area contributed by atoms with Crippen LogP contribution in [0.3, 0.4) is 0 Å². The Morgan fingerprint density at radius 1 is 1.00 bits per heavy atom. The number of carbonyl (C=O) groups excluding carboxylic acids is 1. The molecule has 0 spiro atoms. The van der Waals surface area contributed by atoms with Gasteiger partial charge in [0.05, 0.1) is 18.3 Å². The van der Waals surface area contributed by atoms with E-state index < -0.39 is 0 Å². The smallest absolute Gasteiger partial charge is 0.253 e. The maximum Gasteiger partial charge on any atom is 0.253 e. The van der Waals surface area contributed by atoms with Crippen LogP contribution in [0.1, 0.15) is 49.4 Å². The molecule has 2 N–H and O–H groups in total. The number of hydrogen-bond acceptors (Lipinski definition) is 4. The zero-order valence-corrected chi connectivity index (χ0v) is 20.2. The summed E-state index contributed by atoms with van der Waals surface area (Å²) < 4.78 is 1.94. The number of nitrogens with zero attached hydrogens (tertiary/aromatic N) is 4. The van der Waals surface area contributed by atoms with E-state index in [-0.39, 0.29) is 5.91 Å². The summed E-state index contributed by atoms with van der Waals surface area (Å²) in [7, 11) is 0. The molecule has 1 amide bonds. The van der Waals surface area contributed by atoms with Gasteiger partial charge in [-0.1, -0.05) is 24.3 Å². The first-order valence-electron chi connectivity index (χ1n) is 11.7. The molecule has 0 aliphatic heterocycles. The maximum atomic E-state index is 12.9. The molecule has 7 nitrogen and oxygen atoms in total. The quantitative estimate of drug-likeness (QED) is 0.367. The molecule has 7 heteroatoms. The van der Waals surface area contributed by atoms with Crippen molar-refractivity contribution >= 4 is 16.9 Å². The Kier molecular flexibility index (Phi) is 6.14. The molecule has 5 aromatic rings. The summed E-state index contributed by atoms with van der Waals surface area (Å²) in [6, 6.07) is 12.4. The monoisotopic (exact) mass is 464 g/mol. The first-order valence-corrected chi connectivity index (χ1v) is 11.7. The van der Waals surface area contributed by atoms with Crippen LogP contribution in [0, 0.1) is 20.8 Å². The lowest BCUT2D eigenvalue weighted by Crippen LogP contribution is -2.23. The zero-order chi connectivity index (χ0) is 24.4. The topological polar surface area (TPSA) is 88.5 Å². The number of aromatic amines is 1. The number of rotatable bonds is 7. The lowest BCUT2D eigenvalue weighted by Gasteiger charge is -2.09. The summed E-state index contributed by atoms with van der Waals surface area (Å²) in [6.07, 6.45) is 9.83. The highest BCUT2D eigenvalue weighted by Crippen LogP contribution is 2.23. The molecule has 5 rings (SSSR count). The summed E-state index contributed by atoms with van der Waals surface area (Å²) >= 11 is 0. The van der Waals surface area contributed by atoms with Crippen molar-refractivity contribution in [3.8, 4) is 0 Å². The number of carbonyl (C=O) groups is 1. The second-order valence-electron chi connectivity index (χ2n) is 9.05. The maximum absolute atomic E-state index is 12.9. The number of aryl methyl sites for hydroxylation is 3. The van der Waals surface area contributed by atoms with Gasteiger partial charge in [0.15, 0.2) is 0 Å². The van der Waals surface area contributed by atoms with Crippen molar-refractivity contribution in [3.63, 3.8) is 0 Å². The molecule has 4 aromatic heterocycles. The Morgan fingerprint density at radius 3 is 2.57 bits per heavy atom. The van der Waals surface area contributed by atoms with Crippen LogP contribution in [-0.4, -0.2) is 30.6 Å². The van der Waals surface area contributed by atoms with Gasteiger partial charge in [0, 0.05) is 48.0 Å². The van der Waals surface area contributed by atoms with E-state index in [1.165, 1.54) is 11.1 Å². The molecule has 0 saturated carbocycles. The number of benzene rings is 1. The van der Waals surface area contributed by atoms with Gasteiger partial charge in [0.1, 0.15) is 5.65 Å². The fourth-order valence-electron chi connectivity index (χ4n) is 4.41. The van der Waals surface area contributed by atoms with Crippen LogP contribution in [0.2, 0.25) is 0 Å². The number of aromatic nitrogens is 5. The summed E-state index contributed by atoms with van der Waals surface area (Å²) in [5.41, 5.74) is 9.13. The van der Waals surface area contributed by atoms with Gasteiger partial charge >= 0.3 is 0 Å². The average Bonchev–Trinajstić information content (AvgIpc) is 3.41. The van der Waals surface area contributed by atoms with E-state index in [9.17, 15) is 4.79 Å². The minimum absolute atomic E-state index is 0.139. The van der Waals surface area contributed by atoms with E-state index in [1.54, 1.807) is 12.4 Å². The van der Waals surface area contributed by atoms with Crippen LogP contribution >= 0.6 is 0 Å². The first kappa shape index (κ1) is 22.5. The van der Waals surface area contributed by atoms with Gasteiger partial charge in [-0.25, -0.2) is 4.98 Å². The van der Waals surface area contributed by atoms with Crippen molar-refractivity contribution in [1.82, 2.24) is 30.0 Å². The lowest BCUT2D eigenvalue weighted by molar-refractivity contribution is 0.0950. The SMILES string of the molecule is Cc1cnn(Cc2ccc(Cc3cncc(C(=O)NCc4c(C)[nH]c5nccc(C)c45)c3)cc2)c1. The molecule has 0 bridgehead atoms. The van der Waals surface area contributed by atoms with E-state index >= 15 is 0 Å². The van der Waals surface area contributed by atoms with Gasteiger partial charge in [0.25, 0.3) is 5.91 Å². The molecule has 1 aromatic carbocycles. The highest BCUT2D eigenvalue weighted by molar-refractivity contribution is 5.94. The third kappa shape index (κ3) is 4.99. The van der Waals surface area contributed by atoms with Crippen molar-refractivity contribution in [2.24, 2.45) is 0 Å². The Bertz CT molecular complexity index is 1500. The van der Waals surface area contributed by atoms with Crippen molar-refractivity contribution < 1.29 is 4.79 Å². The molecule has 0 radical (unpaired) electrons. The standard InChI is InChI=1S/C28H28N6O/c1-18-12-32-34(16-18)17-22-6-4-21(5-7-22)10-23-11-24(14-29-13-23)28(35)31-15-25-20(3)33-27-26(25)19(2)8-9-30-27/h4-9,11-14,16H,10,15,17H2,1-3H3,(H,30,33)(H,31,35). The third-order valence-electron chi connectivity index (χ3n) is 6.24. The van der Waals surface area contributed by atoms with E-state index in [2.05, 4.69) is 56.6 Å². The largest absolute Gasteiger partial charge is 0.348 e. The summed E-state index contributed by atoms with van der Waals surface area (Å²) in [5.74, 6) is -0.139. The molecule has 0 aliphatic rings. The molecule has 0 fully saturated rings. The number of amides is 1. The predicted octanol–water partition coefficient (Wildman–Crippen LogP) is 4.65. The van der Waals surface area contributed by atoms with Crippen molar-refractivity contribution in [2.45, 2.75) is 40.3 Å². The van der Waals surface area contributed by atoms with E-state index in [1.807, 2.05) is 49.3 Å². The molecule has 35 heavy (non-hydrogen) atoms. The van der Waals surface area contributed by atoms with E-state index in [0.717, 1.165) is 45.5 Å². The van der Waals surface area contributed by atoms with E-state index in [0.29, 0.717) is 18.5 Å². The highest BCUT2D eigenvalue weighted by atomic mass is 16.1. The molecular formula is C28H28N6O. The molecule has 0 atom stereocenters. The molecule has 4 heterocycles. The van der Waals surface area contributed by atoms with Crippen LogP contribution in [-0.2, 0) is 19.5 Å². The van der Waals surface area contributed by atoms with Crippen LogP contribution in [0.15, 0.2) is 67.4 Å². The van der Waals surface area contributed by atoms with Gasteiger partial charge in [0.2, 0.25) is 0 Å². The molecule has 0 saturated heterocycles. The summed E-state index contributed by atoms with van der Waals surface area (Å²) in [4.78, 5) is 24.9. The Labute approximate surface area is 204 Å². The molecule has 0 aliphatic carbocycles. The van der Waals surface area contributed by atoms with Crippen LogP contribution in [0.25, 0.3) is 11.0 Å². The Balaban J connectivity index is 1.24. The summed E-state index contributed by atoms with van der Waals surface area (Å²) in [6.45, 7) is 7.28. The minimum atomic E-state index is -0.139. The van der Waals surface area contributed by atoms with Crippen molar-refractivity contribution in [3.05, 3.63) is 112 Å². The van der Waals surface area contributed by atoms with Crippen molar-refractivity contribution in [2.75, 3.05) is 0 Å². The molecule has 176 valence electrons. The van der Waals surface area contributed by atoms with Crippen LogP contribution < -0.4 is 5.32 Å². The second kappa shape index (κ2) is 9.54. The number of pyridine rings is 2. The second-order valence-corrected chi connectivity index (χ2v) is 9.05. The minimum Gasteiger partial charge on any atom is -0.348 e. The highest BCUT2D eigenvalue weighted by Gasteiger charge is 2.14. The normalized spacial score (nSPS) is 11.2.